The number of hydrogen-bond acceptors (Lipinski definition) is 5. The minimum atomic E-state index is -1.04. The number of likely N-dealkylation sites (tertiary alicyclic amines) is 1. The Morgan fingerprint density at radius 2 is 1.97 bits per heavy atom. The average molecular weight is 430 g/mol. The maximum Gasteiger partial charge on any atom is 0.170 e. The molecule has 0 N–H and O–H groups in total. The van der Waals surface area contributed by atoms with Gasteiger partial charge in [0.1, 0.15) is 12.0 Å². The molecule has 166 valence electrons. The lowest BCUT2D eigenvalue weighted by Crippen LogP contribution is -2.34. The molecule has 4 rings (SSSR count). The summed E-state index contributed by atoms with van der Waals surface area (Å²) in [6, 6.07) is 9.79. The fourth-order valence-corrected chi connectivity index (χ4v) is 4.18. The standard InChI is InChI=1S/C24H28F2N2O3/c1-16(25)18-4-7-21(23(14-18)29-2)30-13-3-10-28-11-8-17(9-12-28)24-20-6-5-19(26)15-22(20)31-27-24/h4-7,14-17H,3,8-13H2,1-2H3. The highest BCUT2D eigenvalue weighted by atomic mass is 19.1. The van der Waals surface area contributed by atoms with Crippen LogP contribution in [0.2, 0.25) is 0 Å². The third kappa shape index (κ3) is 4.98. The number of alkyl halides is 1. The van der Waals surface area contributed by atoms with Crippen molar-refractivity contribution < 1.29 is 22.8 Å². The maximum absolute atomic E-state index is 13.5. The smallest absolute Gasteiger partial charge is 0.170 e. The molecule has 2 aromatic carbocycles. The zero-order chi connectivity index (χ0) is 21.8. The first-order chi connectivity index (χ1) is 15.0. The van der Waals surface area contributed by atoms with Crippen molar-refractivity contribution in [2.45, 2.75) is 38.3 Å². The molecule has 1 atom stereocenters. The molecule has 1 aromatic heterocycles. The van der Waals surface area contributed by atoms with E-state index in [-0.39, 0.29) is 5.82 Å². The van der Waals surface area contributed by atoms with Gasteiger partial charge in [-0.2, -0.15) is 0 Å². The molecule has 0 aliphatic carbocycles. The van der Waals surface area contributed by atoms with Crippen molar-refractivity contribution >= 4 is 11.0 Å². The van der Waals surface area contributed by atoms with E-state index in [9.17, 15) is 8.78 Å². The summed E-state index contributed by atoms with van der Waals surface area (Å²) in [7, 11) is 1.56. The summed E-state index contributed by atoms with van der Waals surface area (Å²) in [5, 5.41) is 5.12. The zero-order valence-corrected chi connectivity index (χ0v) is 17.9. The molecule has 0 bridgehead atoms. The number of aromatic nitrogens is 1. The van der Waals surface area contributed by atoms with Gasteiger partial charge in [-0.25, -0.2) is 8.78 Å². The van der Waals surface area contributed by atoms with Crippen LogP contribution in [0.5, 0.6) is 11.5 Å². The number of benzene rings is 2. The Bertz CT molecular complexity index is 1010. The lowest BCUT2D eigenvalue weighted by atomic mass is 9.91. The summed E-state index contributed by atoms with van der Waals surface area (Å²) in [4.78, 5) is 2.42. The van der Waals surface area contributed by atoms with E-state index in [1.807, 2.05) is 0 Å². The number of fused-ring (bicyclic) bond motifs is 1. The highest BCUT2D eigenvalue weighted by Gasteiger charge is 2.25. The van der Waals surface area contributed by atoms with Crippen molar-refractivity contribution in [3.05, 3.63) is 53.5 Å². The van der Waals surface area contributed by atoms with Crippen LogP contribution in [0.4, 0.5) is 8.78 Å². The Morgan fingerprint density at radius 1 is 1.16 bits per heavy atom. The first kappa shape index (κ1) is 21.6. The second-order valence-electron chi connectivity index (χ2n) is 8.05. The molecule has 1 saturated heterocycles. The SMILES string of the molecule is COc1cc(C(C)F)ccc1OCCCN1CCC(c2noc3cc(F)ccc23)CC1. The van der Waals surface area contributed by atoms with Gasteiger partial charge in [-0.05, 0) is 69.1 Å². The quantitative estimate of drug-likeness (QED) is 0.432. The normalized spacial score (nSPS) is 16.5. The fraction of sp³-hybridized carbons (Fsp3) is 0.458. The summed E-state index contributed by atoms with van der Waals surface area (Å²) in [6.07, 6.45) is 1.84. The van der Waals surface area contributed by atoms with Crippen LogP contribution in [0.15, 0.2) is 40.9 Å². The first-order valence-corrected chi connectivity index (χ1v) is 10.8. The van der Waals surface area contributed by atoms with E-state index >= 15 is 0 Å². The number of halogens is 2. The minimum Gasteiger partial charge on any atom is -0.493 e. The molecule has 3 aromatic rings. The summed E-state index contributed by atoms with van der Waals surface area (Å²) >= 11 is 0. The van der Waals surface area contributed by atoms with Crippen molar-refractivity contribution in [1.82, 2.24) is 10.1 Å². The van der Waals surface area contributed by atoms with E-state index in [1.54, 1.807) is 31.4 Å². The van der Waals surface area contributed by atoms with Crippen molar-refractivity contribution in [1.29, 1.82) is 0 Å². The van der Waals surface area contributed by atoms with Gasteiger partial charge in [-0.1, -0.05) is 11.2 Å². The van der Waals surface area contributed by atoms with Crippen LogP contribution in [-0.4, -0.2) is 43.4 Å². The Labute approximate surface area is 180 Å². The van der Waals surface area contributed by atoms with Gasteiger partial charge in [-0.15, -0.1) is 0 Å². The van der Waals surface area contributed by atoms with Gasteiger partial charge in [0.25, 0.3) is 0 Å². The Morgan fingerprint density at radius 3 is 2.71 bits per heavy atom. The summed E-state index contributed by atoms with van der Waals surface area (Å²) in [5.74, 6) is 1.22. The molecule has 1 aliphatic rings. The third-order valence-electron chi connectivity index (χ3n) is 5.96. The van der Waals surface area contributed by atoms with E-state index in [4.69, 9.17) is 14.0 Å². The van der Waals surface area contributed by atoms with Crippen LogP contribution in [0.3, 0.4) is 0 Å². The number of hydrogen-bond donors (Lipinski definition) is 0. The van der Waals surface area contributed by atoms with Gasteiger partial charge in [0, 0.05) is 23.9 Å². The molecule has 0 saturated carbocycles. The second kappa shape index (κ2) is 9.64. The maximum atomic E-state index is 13.5. The molecule has 5 nitrogen and oxygen atoms in total. The van der Waals surface area contributed by atoms with Crippen molar-refractivity contribution in [2.75, 3.05) is 33.4 Å². The van der Waals surface area contributed by atoms with Crippen LogP contribution in [0, 0.1) is 5.82 Å². The molecule has 0 spiro atoms. The Kier molecular flexibility index (Phi) is 6.70. The number of ether oxygens (including phenoxy) is 2. The largest absolute Gasteiger partial charge is 0.493 e. The molecule has 0 radical (unpaired) electrons. The second-order valence-corrected chi connectivity index (χ2v) is 8.05. The minimum absolute atomic E-state index is 0.308. The number of rotatable bonds is 8. The van der Waals surface area contributed by atoms with Crippen LogP contribution in [0.25, 0.3) is 11.0 Å². The number of nitrogens with zero attached hydrogens (tertiary/aromatic N) is 2. The predicted octanol–water partition coefficient (Wildman–Crippen LogP) is 5.65. The van der Waals surface area contributed by atoms with E-state index in [1.165, 1.54) is 19.1 Å². The molecule has 31 heavy (non-hydrogen) atoms. The highest BCUT2D eigenvalue weighted by Crippen LogP contribution is 2.33. The topological polar surface area (TPSA) is 47.7 Å². The first-order valence-electron chi connectivity index (χ1n) is 10.8. The molecule has 1 fully saturated rings. The van der Waals surface area contributed by atoms with Gasteiger partial charge in [0.05, 0.1) is 19.4 Å². The Balaban J connectivity index is 1.24. The van der Waals surface area contributed by atoms with Gasteiger partial charge in [0.15, 0.2) is 17.1 Å². The highest BCUT2D eigenvalue weighted by molar-refractivity contribution is 5.79. The van der Waals surface area contributed by atoms with E-state index in [0.29, 0.717) is 35.2 Å². The van der Waals surface area contributed by atoms with Gasteiger partial charge in [0.2, 0.25) is 0 Å². The lowest BCUT2D eigenvalue weighted by molar-refractivity contribution is 0.189. The molecule has 7 heteroatoms. The van der Waals surface area contributed by atoms with Gasteiger partial charge >= 0.3 is 0 Å². The van der Waals surface area contributed by atoms with Crippen molar-refractivity contribution in [3.63, 3.8) is 0 Å². The molecule has 1 unspecified atom stereocenters. The molecule has 1 aliphatic heterocycles. The Hall–Kier alpha value is -2.67. The molecule has 2 heterocycles. The zero-order valence-electron chi connectivity index (χ0n) is 17.9. The molecular weight excluding hydrogens is 402 g/mol. The van der Waals surface area contributed by atoms with Crippen LogP contribution in [0.1, 0.15) is 49.5 Å². The van der Waals surface area contributed by atoms with E-state index < -0.39 is 6.17 Å². The summed E-state index contributed by atoms with van der Waals surface area (Å²) in [6.45, 7) is 4.97. The molecular formula is C24H28F2N2O3. The predicted molar refractivity (Wildman–Crippen MR) is 115 cm³/mol. The summed E-state index contributed by atoms with van der Waals surface area (Å²) < 4.78 is 43.4. The average Bonchev–Trinajstić information content (AvgIpc) is 3.20. The van der Waals surface area contributed by atoms with Crippen LogP contribution in [-0.2, 0) is 0 Å². The lowest BCUT2D eigenvalue weighted by Gasteiger charge is -2.31. The van der Waals surface area contributed by atoms with E-state index in [0.717, 1.165) is 50.0 Å². The van der Waals surface area contributed by atoms with Gasteiger partial charge < -0.3 is 18.9 Å². The van der Waals surface area contributed by atoms with E-state index in [2.05, 4.69) is 10.1 Å². The van der Waals surface area contributed by atoms with Gasteiger partial charge in [-0.3, -0.25) is 0 Å². The molecule has 0 amide bonds. The van der Waals surface area contributed by atoms with Crippen molar-refractivity contribution in [2.24, 2.45) is 0 Å². The fourth-order valence-electron chi connectivity index (χ4n) is 4.18. The number of methoxy groups -OCH3 is 1. The van der Waals surface area contributed by atoms with Crippen LogP contribution >= 0.6 is 0 Å². The third-order valence-corrected chi connectivity index (χ3v) is 5.96. The summed E-state index contributed by atoms with van der Waals surface area (Å²) in [5.41, 5.74) is 2.03. The number of piperidine rings is 1. The van der Waals surface area contributed by atoms with Crippen molar-refractivity contribution in [3.8, 4) is 11.5 Å². The van der Waals surface area contributed by atoms with Crippen LogP contribution < -0.4 is 9.47 Å². The monoisotopic (exact) mass is 430 g/mol.